The molecule has 2 heterocycles. The van der Waals surface area contributed by atoms with Crippen molar-refractivity contribution in [1.29, 1.82) is 5.26 Å². The first-order chi connectivity index (χ1) is 19.8. The lowest BCUT2D eigenvalue weighted by Gasteiger charge is -2.22. The molecule has 0 aliphatic rings. The minimum absolute atomic E-state index is 0.0810. The number of hydrogen-bond donors (Lipinski definition) is 4. The van der Waals surface area contributed by atoms with E-state index in [0.29, 0.717) is 22.3 Å². The number of aromatic amines is 2. The third kappa shape index (κ3) is 6.20. The summed E-state index contributed by atoms with van der Waals surface area (Å²) >= 11 is 0. The normalized spacial score (nSPS) is 12.3. The standard InChI is InChI=1S/C29H23F2N7O3/c1-16(18-7-9-21(30)22(31)11-18)34-28(39)26-27(33-14-19(13-32)35-26)36-25(17-5-3-2-4-6-17)15-41-20-8-10-23-24(12-20)38-29(40)37-23/h2-12,14,16,25H,15H2,1H3,(H,33,36)(H,34,39)(H2,37,38,40)/t16-,25-/m0/s1. The first kappa shape index (κ1) is 27.0. The zero-order chi connectivity index (χ0) is 28.9. The second-order valence-corrected chi connectivity index (χ2v) is 9.14. The van der Waals surface area contributed by atoms with Crippen LogP contribution in [0.1, 0.15) is 46.3 Å². The fourth-order valence-electron chi connectivity index (χ4n) is 4.19. The lowest BCUT2D eigenvalue weighted by Crippen LogP contribution is -2.30. The zero-order valence-corrected chi connectivity index (χ0v) is 21.6. The minimum Gasteiger partial charge on any atom is -0.491 e. The molecular weight excluding hydrogens is 532 g/mol. The first-order valence-corrected chi connectivity index (χ1v) is 12.5. The van der Waals surface area contributed by atoms with Gasteiger partial charge in [-0.15, -0.1) is 0 Å². The first-order valence-electron chi connectivity index (χ1n) is 12.5. The Hall–Kier alpha value is -5.57. The summed E-state index contributed by atoms with van der Waals surface area (Å²) in [5, 5.41) is 15.3. The molecule has 10 nitrogen and oxygen atoms in total. The highest BCUT2D eigenvalue weighted by atomic mass is 19.2. The molecule has 0 saturated carbocycles. The van der Waals surface area contributed by atoms with Gasteiger partial charge in [-0.1, -0.05) is 36.4 Å². The van der Waals surface area contributed by atoms with Gasteiger partial charge in [0.25, 0.3) is 5.91 Å². The molecule has 3 aromatic carbocycles. The molecular formula is C29H23F2N7O3. The van der Waals surface area contributed by atoms with Gasteiger partial charge in [-0.25, -0.2) is 23.5 Å². The molecule has 0 saturated heterocycles. The van der Waals surface area contributed by atoms with E-state index in [1.165, 1.54) is 12.3 Å². The number of aromatic nitrogens is 4. The lowest BCUT2D eigenvalue weighted by atomic mass is 10.1. The molecule has 2 aromatic heterocycles. The van der Waals surface area contributed by atoms with Crippen LogP contribution in [0, 0.1) is 23.0 Å². The SMILES string of the molecule is C[C@H](NC(=O)c1nc(C#N)cnc1N[C@@H](COc1ccc2[nH]c(=O)[nH]c2c1)c1ccccc1)c1ccc(F)c(F)c1. The van der Waals surface area contributed by atoms with Gasteiger partial charge in [0.2, 0.25) is 0 Å². The number of nitrogens with one attached hydrogen (secondary N) is 4. The number of anilines is 1. The average Bonchev–Trinajstić information content (AvgIpc) is 3.36. The van der Waals surface area contributed by atoms with Gasteiger partial charge >= 0.3 is 5.69 Å². The number of rotatable bonds is 9. The Bertz CT molecular complexity index is 1820. The molecule has 0 radical (unpaired) electrons. The second-order valence-electron chi connectivity index (χ2n) is 9.14. The Balaban J connectivity index is 1.41. The van der Waals surface area contributed by atoms with Crippen LogP contribution in [0.3, 0.4) is 0 Å². The number of imidazole rings is 1. The van der Waals surface area contributed by atoms with Crippen molar-refractivity contribution in [3.63, 3.8) is 0 Å². The van der Waals surface area contributed by atoms with Crippen molar-refractivity contribution in [1.82, 2.24) is 25.3 Å². The van der Waals surface area contributed by atoms with Gasteiger partial charge in [0.1, 0.15) is 18.4 Å². The van der Waals surface area contributed by atoms with Gasteiger partial charge in [0, 0.05) is 6.07 Å². The monoisotopic (exact) mass is 555 g/mol. The Morgan fingerprint density at radius 2 is 1.80 bits per heavy atom. The quantitative estimate of drug-likeness (QED) is 0.209. The van der Waals surface area contributed by atoms with Gasteiger partial charge in [-0.05, 0) is 42.3 Å². The molecule has 5 rings (SSSR count). The molecule has 0 spiro atoms. The number of ether oxygens (including phenoxy) is 1. The number of H-pyrrole nitrogens is 2. The number of amides is 1. The third-order valence-corrected chi connectivity index (χ3v) is 6.31. The number of nitriles is 1. The van der Waals surface area contributed by atoms with E-state index in [9.17, 15) is 23.6 Å². The number of carbonyl (C=O) groups is 1. The van der Waals surface area contributed by atoms with Crippen LogP contribution in [0.25, 0.3) is 11.0 Å². The number of hydrogen-bond acceptors (Lipinski definition) is 7. The van der Waals surface area contributed by atoms with Gasteiger partial charge < -0.3 is 25.3 Å². The molecule has 206 valence electrons. The summed E-state index contributed by atoms with van der Waals surface area (Å²) in [6.45, 7) is 1.70. The van der Waals surface area contributed by atoms with Crippen LogP contribution in [0.5, 0.6) is 5.75 Å². The molecule has 41 heavy (non-hydrogen) atoms. The highest BCUT2D eigenvalue weighted by molar-refractivity contribution is 5.97. The maximum absolute atomic E-state index is 13.8. The number of nitrogens with zero attached hydrogens (tertiary/aromatic N) is 3. The van der Waals surface area contributed by atoms with Crippen molar-refractivity contribution >= 4 is 22.8 Å². The van der Waals surface area contributed by atoms with Crippen molar-refractivity contribution in [3.8, 4) is 11.8 Å². The van der Waals surface area contributed by atoms with Gasteiger partial charge in [-0.3, -0.25) is 4.79 Å². The molecule has 2 atom stereocenters. The molecule has 0 aliphatic carbocycles. The van der Waals surface area contributed by atoms with Gasteiger partial charge in [0.05, 0.1) is 29.3 Å². The summed E-state index contributed by atoms with van der Waals surface area (Å²) in [5.41, 5.74) is 1.81. The van der Waals surface area contributed by atoms with Crippen LogP contribution < -0.4 is 21.1 Å². The molecule has 4 N–H and O–H groups in total. The minimum atomic E-state index is -1.04. The Morgan fingerprint density at radius 1 is 1.02 bits per heavy atom. The van der Waals surface area contributed by atoms with Crippen molar-refractivity contribution in [2.24, 2.45) is 0 Å². The number of benzene rings is 3. The van der Waals surface area contributed by atoms with E-state index in [4.69, 9.17) is 4.74 Å². The van der Waals surface area contributed by atoms with E-state index >= 15 is 0 Å². The fraction of sp³-hybridized carbons (Fsp3) is 0.138. The highest BCUT2D eigenvalue weighted by Gasteiger charge is 2.23. The molecule has 0 bridgehead atoms. The zero-order valence-electron chi connectivity index (χ0n) is 21.6. The average molecular weight is 556 g/mol. The second kappa shape index (κ2) is 11.7. The topological polar surface area (TPSA) is 149 Å². The maximum atomic E-state index is 13.8. The Kier molecular flexibility index (Phi) is 7.69. The van der Waals surface area contributed by atoms with Crippen LogP contribution in [0.15, 0.2) is 77.7 Å². The van der Waals surface area contributed by atoms with Crippen molar-refractivity contribution < 1.29 is 18.3 Å². The van der Waals surface area contributed by atoms with Crippen LogP contribution >= 0.6 is 0 Å². The molecule has 1 amide bonds. The van der Waals surface area contributed by atoms with Crippen LogP contribution in [-0.2, 0) is 0 Å². The van der Waals surface area contributed by atoms with Crippen molar-refractivity contribution in [3.05, 3.63) is 118 Å². The molecule has 0 unspecified atom stereocenters. The number of fused-ring (bicyclic) bond motifs is 1. The number of carbonyl (C=O) groups excluding carboxylic acids is 1. The summed E-state index contributed by atoms with van der Waals surface area (Å²) in [6, 6.07) is 18.4. The number of halogens is 2. The van der Waals surface area contributed by atoms with E-state index in [1.54, 1.807) is 25.1 Å². The smallest absolute Gasteiger partial charge is 0.323 e. The van der Waals surface area contributed by atoms with Crippen molar-refractivity contribution in [2.75, 3.05) is 11.9 Å². The Morgan fingerprint density at radius 3 is 2.56 bits per heavy atom. The summed E-state index contributed by atoms with van der Waals surface area (Å²) in [4.78, 5) is 38.7. The molecule has 5 aromatic rings. The fourth-order valence-corrected chi connectivity index (χ4v) is 4.19. The third-order valence-electron chi connectivity index (χ3n) is 6.31. The summed E-state index contributed by atoms with van der Waals surface area (Å²) in [5.74, 6) is -2.13. The van der Waals surface area contributed by atoms with Gasteiger partial charge in [0.15, 0.2) is 28.8 Å². The lowest BCUT2D eigenvalue weighted by molar-refractivity contribution is 0.0935. The largest absolute Gasteiger partial charge is 0.491 e. The van der Waals surface area contributed by atoms with Crippen LogP contribution in [0.2, 0.25) is 0 Å². The van der Waals surface area contributed by atoms with Crippen LogP contribution in [0.4, 0.5) is 14.6 Å². The van der Waals surface area contributed by atoms with E-state index < -0.39 is 29.6 Å². The molecule has 0 aliphatic heterocycles. The summed E-state index contributed by atoms with van der Waals surface area (Å²) in [6.07, 6.45) is 1.23. The van der Waals surface area contributed by atoms with E-state index in [0.717, 1.165) is 17.7 Å². The summed E-state index contributed by atoms with van der Waals surface area (Å²) < 4.78 is 33.2. The van der Waals surface area contributed by atoms with Crippen molar-refractivity contribution in [2.45, 2.75) is 19.0 Å². The predicted molar refractivity (Wildman–Crippen MR) is 146 cm³/mol. The van der Waals surface area contributed by atoms with E-state index in [-0.39, 0.29) is 29.5 Å². The maximum Gasteiger partial charge on any atom is 0.323 e. The predicted octanol–water partition coefficient (Wildman–Crippen LogP) is 4.52. The van der Waals surface area contributed by atoms with Crippen LogP contribution in [-0.4, -0.2) is 32.4 Å². The van der Waals surface area contributed by atoms with E-state index in [2.05, 4.69) is 30.6 Å². The van der Waals surface area contributed by atoms with E-state index in [1.807, 2.05) is 36.4 Å². The van der Waals surface area contributed by atoms with Gasteiger partial charge in [-0.2, -0.15) is 5.26 Å². The highest BCUT2D eigenvalue weighted by Crippen LogP contribution is 2.24. The summed E-state index contributed by atoms with van der Waals surface area (Å²) in [7, 11) is 0. The Labute approximate surface area is 232 Å². The molecule has 12 heteroatoms. The molecule has 0 fully saturated rings.